The van der Waals surface area contributed by atoms with Gasteiger partial charge in [-0.1, -0.05) is 32.4 Å². The summed E-state index contributed by atoms with van der Waals surface area (Å²) in [5.41, 5.74) is 1.89. The van der Waals surface area contributed by atoms with E-state index in [4.69, 9.17) is 4.74 Å². The Bertz CT molecular complexity index is 762. The molecule has 2 aliphatic rings. The summed E-state index contributed by atoms with van der Waals surface area (Å²) in [6.45, 7) is 13.0. The van der Waals surface area contributed by atoms with Gasteiger partial charge in [-0.25, -0.2) is 0 Å². The van der Waals surface area contributed by atoms with Crippen molar-refractivity contribution < 1.29 is 14.3 Å². The van der Waals surface area contributed by atoms with Gasteiger partial charge in [0.2, 0.25) is 0 Å². The highest BCUT2D eigenvalue weighted by molar-refractivity contribution is 6.35. The van der Waals surface area contributed by atoms with E-state index in [1.165, 1.54) is 4.90 Å². The predicted octanol–water partition coefficient (Wildman–Crippen LogP) is 2.99. The SMILES string of the molecule is CCCCN1C(=O)C(c2ccc(OC(C)C)cc2)=C(N2CCN(CC)CC2)C1=O. The molecule has 0 aliphatic carbocycles. The number of ether oxygens (including phenoxy) is 1. The number of amides is 2. The average Bonchev–Trinajstić information content (AvgIpc) is 2.96. The van der Waals surface area contributed by atoms with Crippen LogP contribution in [0.25, 0.3) is 5.57 Å². The standard InChI is InChI=1S/C23H33N3O3/c1-5-7-12-26-22(27)20(18-8-10-19(11-9-18)29-17(3)4)21(23(26)28)25-15-13-24(6-2)14-16-25/h8-11,17H,5-7,12-16H2,1-4H3. The molecule has 1 aromatic rings. The van der Waals surface area contributed by atoms with Gasteiger partial charge >= 0.3 is 0 Å². The molecule has 6 heteroatoms. The average molecular weight is 400 g/mol. The van der Waals surface area contributed by atoms with Crippen LogP contribution in [0.4, 0.5) is 0 Å². The van der Waals surface area contributed by atoms with Crippen LogP contribution in [0.2, 0.25) is 0 Å². The lowest BCUT2D eigenvalue weighted by Gasteiger charge is -2.36. The van der Waals surface area contributed by atoms with Crippen LogP contribution in [0.15, 0.2) is 30.0 Å². The Morgan fingerprint density at radius 2 is 1.62 bits per heavy atom. The van der Waals surface area contributed by atoms with Crippen molar-refractivity contribution in [3.05, 3.63) is 35.5 Å². The van der Waals surface area contributed by atoms with Gasteiger partial charge in [0.05, 0.1) is 11.7 Å². The largest absolute Gasteiger partial charge is 0.491 e. The van der Waals surface area contributed by atoms with Gasteiger partial charge in [0, 0.05) is 32.7 Å². The zero-order valence-corrected chi connectivity index (χ0v) is 18.1. The van der Waals surface area contributed by atoms with Crippen molar-refractivity contribution >= 4 is 17.4 Å². The van der Waals surface area contributed by atoms with E-state index in [0.29, 0.717) is 17.8 Å². The van der Waals surface area contributed by atoms with Gasteiger partial charge in [-0.2, -0.15) is 0 Å². The summed E-state index contributed by atoms with van der Waals surface area (Å²) in [7, 11) is 0. The van der Waals surface area contributed by atoms with Crippen molar-refractivity contribution in [3.63, 3.8) is 0 Å². The van der Waals surface area contributed by atoms with E-state index in [1.54, 1.807) is 0 Å². The number of piperazine rings is 1. The smallest absolute Gasteiger partial charge is 0.277 e. The number of hydrogen-bond donors (Lipinski definition) is 0. The van der Waals surface area contributed by atoms with E-state index in [-0.39, 0.29) is 17.9 Å². The molecule has 0 bridgehead atoms. The first-order valence-corrected chi connectivity index (χ1v) is 10.8. The fourth-order valence-corrected chi connectivity index (χ4v) is 3.90. The molecule has 29 heavy (non-hydrogen) atoms. The lowest BCUT2D eigenvalue weighted by atomic mass is 10.0. The lowest BCUT2D eigenvalue weighted by molar-refractivity contribution is -0.137. The van der Waals surface area contributed by atoms with Crippen LogP contribution < -0.4 is 4.74 Å². The Kier molecular flexibility index (Phi) is 6.96. The van der Waals surface area contributed by atoms with Crippen molar-refractivity contribution in [1.82, 2.24) is 14.7 Å². The molecular formula is C23H33N3O3. The second kappa shape index (κ2) is 9.44. The molecule has 0 unspecified atom stereocenters. The molecule has 0 aromatic heterocycles. The van der Waals surface area contributed by atoms with Gasteiger partial charge in [-0.15, -0.1) is 0 Å². The molecule has 6 nitrogen and oxygen atoms in total. The number of rotatable bonds is 8. The van der Waals surface area contributed by atoms with E-state index >= 15 is 0 Å². The van der Waals surface area contributed by atoms with Gasteiger partial charge in [0.15, 0.2) is 0 Å². The van der Waals surface area contributed by atoms with Crippen LogP contribution in [0.3, 0.4) is 0 Å². The van der Waals surface area contributed by atoms with Crippen LogP contribution in [0, 0.1) is 0 Å². The maximum atomic E-state index is 13.2. The number of imide groups is 1. The summed E-state index contributed by atoms with van der Waals surface area (Å²) < 4.78 is 5.73. The Morgan fingerprint density at radius 3 is 2.17 bits per heavy atom. The Balaban J connectivity index is 1.93. The molecule has 0 saturated carbocycles. The van der Waals surface area contributed by atoms with Crippen LogP contribution in [0.5, 0.6) is 5.75 Å². The first-order chi connectivity index (χ1) is 14.0. The van der Waals surface area contributed by atoms with Crippen LogP contribution in [0.1, 0.15) is 46.1 Å². The summed E-state index contributed by atoms with van der Waals surface area (Å²) in [5.74, 6) is 0.446. The van der Waals surface area contributed by atoms with Crippen molar-refractivity contribution in [3.8, 4) is 5.75 Å². The minimum Gasteiger partial charge on any atom is -0.491 e. The van der Waals surface area contributed by atoms with E-state index in [9.17, 15) is 9.59 Å². The summed E-state index contributed by atoms with van der Waals surface area (Å²) in [6.07, 6.45) is 1.85. The van der Waals surface area contributed by atoms with Crippen LogP contribution in [-0.2, 0) is 9.59 Å². The van der Waals surface area contributed by atoms with Gasteiger partial charge in [0.25, 0.3) is 11.8 Å². The summed E-state index contributed by atoms with van der Waals surface area (Å²) >= 11 is 0. The van der Waals surface area contributed by atoms with Gasteiger partial charge < -0.3 is 14.5 Å². The van der Waals surface area contributed by atoms with Crippen molar-refractivity contribution in [1.29, 1.82) is 0 Å². The van der Waals surface area contributed by atoms with E-state index in [2.05, 4.69) is 23.6 Å². The summed E-state index contributed by atoms with van der Waals surface area (Å²) in [6, 6.07) is 7.54. The Morgan fingerprint density at radius 1 is 0.966 bits per heavy atom. The normalized spacial score (nSPS) is 18.4. The molecule has 3 rings (SSSR count). The summed E-state index contributed by atoms with van der Waals surface area (Å²) in [4.78, 5) is 32.4. The third-order valence-electron chi connectivity index (χ3n) is 5.53. The molecule has 0 N–H and O–H groups in total. The van der Waals surface area contributed by atoms with Crippen LogP contribution >= 0.6 is 0 Å². The number of likely N-dealkylation sites (N-methyl/N-ethyl adjacent to an activating group) is 1. The molecule has 2 aliphatic heterocycles. The zero-order valence-electron chi connectivity index (χ0n) is 18.1. The van der Waals surface area contributed by atoms with Crippen LogP contribution in [-0.4, -0.2) is 71.9 Å². The first kappa shape index (κ1) is 21.4. The minimum absolute atomic E-state index is 0.0877. The van der Waals surface area contributed by atoms with Gasteiger partial charge in [-0.05, 0) is 44.5 Å². The summed E-state index contributed by atoms with van der Waals surface area (Å²) in [5, 5.41) is 0. The molecule has 0 spiro atoms. The predicted molar refractivity (Wildman–Crippen MR) is 114 cm³/mol. The zero-order chi connectivity index (χ0) is 21.0. The second-order valence-electron chi connectivity index (χ2n) is 7.95. The van der Waals surface area contributed by atoms with Gasteiger partial charge in [0.1, 0.15) is 11.4 Å². The van der Waals surface area contributed by atoms with E-state index in [1.807, 2.05) is 38.1 Å². The molecule has 1 fully saturated rings. The number of carbonyl (C=O) groups is 2. The number of unbranched alkanes of at least 4 members (excludes halogenated alkanes) is 1. The number of nitrogens with zero attached hydrogens (tertiary/aromatic N) is 3. The maximum Gasteiger partial charge on any atom is 0.277 e. The molecule has 158 valence electrons. The lowest BCUT2D eigenvalue weighted by Crippen LogP contribution is -2.47. The topological polar surface area (TPSA) is 53.1 Å². The minimum atomic E-state index is -0.172. The maximum absolute atomic E-state index is 13.2. The number of benzene rings is 1. The molecule has 2 heterocycles. The third kappa shape index (κ3) is 4.64. The highest BCUT2D eigenvalue weighted by atomic mass is 16.5. The fourth-order valence-electron chi connectivity index (χ4n) is 3.90. The van der Waals surface area contributed by atoms with Crippen molar-refractivity contribution in [2.75, 3.05) is 39.3 Å². The number of carbonyl (C=O) groups excluding carboxylic acids is 2. The van der Waals surface area contributed by atoms with Crippen molar-refractivity contribution in [2.45, 2.75) is 46.6 Å². The fraction of sp³-hybridized carbons (Fsp3) is 0.565. The molecule has 1 aromatic carbocycles. The molecule has 0 atom stereocenters. The van der Waals surface area contributed by atoms with E-state index in [0.717, 1.165) is 56.9 Å². The third-order valence-corrected chi connectivity index (χ3v) is 5.53. The molecule has 1 saturated heterocycles. The Hall–Kier alpha value is -2.34. The van der Waals surface area contributed by atoms with Crippen molar-refractivity contribution in [2.24, 2.45) is 0 Å². The second-order valence-corrected chi connectivity index (χ2v) is 7.95. The van der Waals surface area contributed by atoms with Gasteiger partial charge in [-0.3, -0.25) is 14.5 Å². The molecular weight excluding hydrogens is 366 g/mol. The Labute approximate surface area is 174 Å². The number of hydrogen-bond acceptors (Lipinski definition) is 5. The monoisotopic (exact) mass is 399 g/mol. The molecule has 2 amide bonds. The van der Waals surface area contributed by atoms with E-state index < -0.39 is 0 Å². The highest BCUT2D eigenvalue weighted by Crippen LogP contribution is 2.33. The molecule has 0 radical (unpaired) electrons. The first-order valence-electron chi connectivity index (χ1n) is 10.8. The quantitative estimate of drug-likeness (QED) is 0.629. The highest BCUT2D eigenvalue weighted by Gasteiger charge is 2.41.